The number of rotatable bonds is 9. The second-order valence-corrected chi connectivity index (χ2v) is 7.93. The van der Waals surface area contributed by atoms with Crippen LogP contribution in [0.1, 0.15) is 22.3 Å². The molecule has 1 N–H and O–H groups in total. The van der Waals surface area contributed by atoms with E-state index in [9.17, 15) is 9.59 Å². The van der Waals surface area contributed by atoms with E-state index in [1.54, 1.807) is 11.9 Å². The normalized spacial score (nSPS) is 11.5. The maximum Gasteiger partial charge on any atom is 0.261 e. The lowest BCUT2D eigenvalue weighted by atomic mass is 10.0. The summed E-state index contributed by atoms with van der Waals surface area (Å²) in [4.78, 5) is 27.8. The van der Waals surface area contributed by atoms with Gasteiger partial charge in [0.2, 0.25) is 5.91 Å². The highest BCUT2D eigenvalue weighted by molar-refractivity contribution is 5.88. The maximum absolute atomic E-state index is 13.3. The van der Waals surface area contributed by atoms with Crippen molar-refractivity contribution in [2.24, 2.45) is 0 Å². The fourth-order valence-corrected chi connectivity index (χ4v) is 3.47. The molecule has 0 aliphatic heterocycles. The van der Waals surface area contributed by atoms with Crippen molar-refractivity contribution < 1.29 is 14.3 Å². The Morgan fingerprint density at radius 2 is 1.44 bits per heavy atom. The van der Waals surface area contributed by atoms with Gasteiger partial charge in [0.1, 0.15) is 11.8 Å². The van der Waals surface area contributed by atoms with Gasteiger partial charge in [0.05, 0.1) is 0 Å². The molecule has 0 bridgehead atoms. The molecular weight excluding hydrogens is 400 g/mol. The van der Waals surface area contributed by atoms with Gasteiger partial charge in [-0.15, -0.1) is 0 Å². The van der Waals surface area contributed by atoms with E-state index in [0.717, 1.165) is 22.3 Å². The van der Waals surface area contributed by atoms with Gasteiger partial charge in [0.25, 0.3) is 5.91 Å². The summed E-state index contributed by atoms with van der Waals surface area (Å²) in [6.45, 7) is 4.19. The first-order valence-corrected chi connectivity index (χ1v) is 10.8. The summed E-state index contributed by atoms with van der Waals surface area (Å²) >= 11 is 0. The van der Waals surface area contributed by atoms with Crippen molar-refractivity contribution in [2.75, 3.05) is 13.7 Å². The molecular formula is C27H30N2O3. The Morgan fingerprint density at radius 3 is 2.03 bits per heavy atom. The topological polar surface area (TPSA) is 58.6 Å². The van der Waals surface area contributed by atoms with Crippen molar-refractivity contribution >= 4 is 11.8 Å². The lowest BCUT2D eigenvalue weighted by molar-refractivity contribution is -0.142. The third kappa shape index (κ3) is 6.45. The van der Waals surface area contributed by atoms with Gasteiger partial charge < -0.3 is 15.0 Å². The number of ether oxygens (including phenoxy) is 1. The first kappa shape index (κ1) is 23.1. The van der Waals surface area contributed by atoms with Gasteiger partial charge in [-0.1, -0.05) is 77.9 Å². The number of aryl methyl sites for hydroxylation is 2. The standard InChI is InChI=1S/C27H30N2O3/c1-20-9-13-23(14-10-20)18-29(26(30)19-32-24-15-11-21(2)12-16-24)25(27(31)28-3)17-22-7-5-4-6-8-22/h4-16,25H,17-19H2,1-3H3,(H,28,31)/t25-/m0/s1. The molecule has 32 heavy (non-hydrogen) atoms. The summed E-state index contributed by atoms with van der Waals surface area (Å²) in [5.74, 6) is 0.180. The van der Waals surface area contributed by atoms with Crippen molar-refractivity contribution in [1.29, 1.82) is 0 Å². The van der Waals surface area contributed by atoms with Crippen molar-refractivity contribution in [3.05, 3.63) is 101 Å². The molecule has 0 unspecified atom stereocenters. The van der Waals surface area contributed by atoms with Gasteiger partial charge in [-0.3, -0.25) is 9.59 Å². The molecule has 0 spiro atoms. The molecule has 5 heteroatoms. The molecule has 0 aliphatic carbocycles. The number of carbonyl (C=O) groups excluding carboxylic acids is 2. The van der Waals surface area contributed by atoms with Crippen LogP contribution in [0.4, 0.5) is 0 Å². The molecule has 166 valence electrons. The van der Waals surface area contributed by atoms with Gasteiger partial charge in [0.15, 0.2) is 6.61 Å². The third-order valence-corrected chi connectivity index (χ3v) is 5.37. The lowest BCUT2D eigenvalue weighted by Crippen LogP contribution is -2.51. The highest BCUT2D eigenvalue weighted by atomic mass is 16.5. The number of hydrogen-bond donors (Lipinski definition) is 1. The Kier molecular flexibility index (Phi) is 8.03. The van der Waals surface area contributed by atoms with Crippen LogP contribution in [0.5, 0.6) is 5.75 Å². The Labute approximate surface area is 190 Å². The van der Waals surface area contributed by atoms with E-state index in [1.807, 2.05) is 92.7 Å². The third-order valence-electron chi connectivity index (χ3n) is 5.37. The average Bonchev–Trinajstić information content (AvgIpc) is 2.82. The molecule has 3 rings (SSSR count). The Bertz CT molecular complexity index is 1020. The van der Waals surface area contributed by atoms with Crippen molar-refractivity contribution in [3.63, 3.8) is 0 Å². The zero-order valence-electron chi connectivity index (χ0n) is 18.9. The van der Waals surface area contributed by atoms with Crippen LogP contribution < -0.4 is 10.1 Å². The SMILES string of the molecule is CNC(=O)[C@H](Cc1ccccc1)N(Cc1ccc(C)cc1)C(=O)COc1ccc(C)cc1. The Hall–Kier alpha value is -3.60. The quantitative estimate of drug-likeness (QED) is 0.557. The van der Waals surface area contributed by atoms with E-state index in [1.165, 1.54) is 0 Å². The summed E-state index contributed by atoms with van der Waals surface area (Å²) in [5, 5.41) is 2.72. The molecule has 0 saturated carbocycles. The number of nitrogens with zero attached hydrogens (tertiary/aromatic N) is 1. The number of benzene rings is 3. The predicted molar refractivity (Wildman–Crippen MR) is 126 cm³/mol. The zero-order chi connectivity index (χ0) is 22.9. The first-order chi connectivity index (χ1) is 15.5. The van der Waals surface area contributed by atoms with Crippen LogP contribution in [-0.4, -0.2) is 36.4 Å². The monoisotopic (exact) mass is 430 g/mol. The summed E-state index contributed by atoms with van der Waals surface area (Å²) in [6, 6.07) is 24.6. The van der Waals surface area contributed by atoms with Crippen molar-refractivity contribution in [3.8, 4) is 5.75 Å². The lowest BCUT2D eigenvalue weighted by Gasteiger charge is -2.31. The fourth-order valence-electron chi connectivity index (χ4n) is 3.47. The molecule has 2 amide bonds. The van der Waals surface area contributed by atoms with Gasteiger partial charge in [-0.2, -0.15) is 0 Å². The minimum absolute atomic E-state index is 0.142. The minimum Gasteiger partial charge on any atom is -0.484 e. The predicted octanol–water partition coefficient (Wildman–Crippen LogP) is 4.07. The number of likely N-dealkylation sites (N-methyl/N-ethyl adjacent to an activating group) is 1. The van der Waals surface area contributed by atoms with Crippen LogP contribution in [-0.2, 0) is 22.6 Å². The fraction of sp³-hybridized carbons (Fsp3) is 0.259. The molecule has 1 atom stereocenters. The van der Waals surface area contributed by atoms with Crippen LogP contribution in [0.25, 0.3) is 0 Å². The molecule has 3 aromatic rings. The van der Waals surface area contributed by atoms with Crippen LogP contribution in [0.15, 0.2) is 78.9 Å². The number of nitrogens with one attached hydrogen (secondary N) is 1. The first-order valence-electron chi connectivity index (χ1n) is 10.8. The minimum atomic E-state index is -0.655. The summed E-state index contributed by atoms with van der Waals surface area (Å²) in [7, 11) is 1.59. The summed E-state index contributed by atoms with van der Waals surface area (Å²) < 4.78 is 5.75. The van der Waals surface area contributed by atoms with E-state index in [4.69, 9.17) is 4.74 Å². The average molecular weight is 431 g/mol. The van der Waals surface area contributed by atoms with Crippen molar-refractivity contribution in [1.82, 2.24) is 10.2 Å². The van der Waals surface area contributed by atoms with Crippen LogP contribution in [0.3, 0.4) is 0 Å². The highest BCUT2D eigenvalue weighted by Crippen LogP contribution is 2.17. The number of carbonyl (C=O) groups is 2. The van der Waals surface area contributed by atoms with E-state index >= 15 is 0 Å². The largest absolute Gasteiger partial charge is 0.484 e. The van der Waals surface area contributed by atoms with E-state index in [2.05, 4.69) is 5.32 Å². The molecule has 0 heterocycles. The summed E-state index contributed by atoms with van der Waals surface area (Å²) in [6.07, 6.45) is 0.419. The van der Waals surface area contributed by atoms with Gasteiger partial charge in [-0.25, -0.2) is 0 Å². The number of amides is 2. The summed E-state index contributed by atoms with van der Waals surface area (Å²) in [5.41, 5.74) is 4.21. The molecule has 0 aliphatic rings. The van der Waals surface area contributed by atoms with Crippen LogP contribution in [0.2, 0.25) is 0 Å². The number of hydrogen-bond acceptors (Lipinski definition) is 3. The molecule has 0 radical (unpaired) electrons. The Balaban J connectivity index is 1.85. The van der Waals surface area contributed by atoms with Crippen LogP contribution in [0, 0.1) is 13.8 Å². The van der Waals surface area contributed by atoms with Gasteiger partial charge in [0, 0.05) is 20.0 Å². The van der Waals surface area contributed by atoms with Crippen LogP contribution >= 0.6 is 0 Å². The highest BCUT2D eigenvalue weighted by Gasteiger charge is 2.30. The van der Waals surface area contributed by atoms with E-state index < -0.39 is 6.04 Å². The molecule has 0 aromatic heterocycles. The molecule has 0 saturated heterocycles. The molecule has 0 fully saturated rings. The van der Waals surface area contributed by atoms with Gasteiger partial charge in [-0.05, 0) is 37.1 Å². The maximum atomic E-state index is 13.3. The van der Waals surface area contributed by atoms with Gasteiger partial charge >= 0.3 is 0 Å². The van der Waals surface area contributed by atoms with E-state index in [0.29, 0.717) is 18.7 Å². The second kappa shape index (κ2) is 11.1. The zero-order valence-corrected chi connectivity index (χ0v) is 18.9. The smallest absolute Gasteiger partial charge is 0.261 e. The molecule has 5 nitrogen and oxygen atoms in total. The second-order valence-electron chi connectivity index (χ2n) is 7.93. The van der Waals surface area contributed by atoms with E-state index in [-0.39, 0.29) is 18.4 Å². The Morgan fingerprint density at radius 1 is 0.844 bits per heavy atom. The van der Waals surface area contributed by atoms with Crippen molar-refractivity contribution in [2.45, 2.75) is 32.9 Å². The molecule has 3 aromatic carbocycles.